The van der Waals surface area contributed by atoms with Crippen LogP contribution in [0.5, 0.6) is 0 Å². The van der Waals surface area contributed by atoms with Crippen molar-refractivity contribution >= 4 is 23.2 Å². The molecule has 0 radical (unpaired) electrons. The maximum atomic E-state index is 9.26. The fourth-order valence-corrected chi connectivity index (χ4v) is 10.4. The van der Waals surface area contributed by atoms with Crippen molar-refractivity contribution in [1.29, 1.82) is 5.26 Å². The summed E-state index contributed by atoms with van der Waals surface area (Å²) in [5, 5.41) is 17.0. The van der Waals surface area contributed by atoms with Crippen molar-refractivity contribution in [3.05, 3.63) is 194 Å². The molecule has 4 aromatic rings. The summed E-state index contributed by atoms with van der Waals surface area (Å²) >= 11 is 1.98. The van der Waals surface area contributed by atoms with E-state index in [9.17, 15) is 5.26 Å². The first kappa shape index (κ1) is 31.3. The van der Waals surface area contributed by atoms with E-state index in [0.29, 0.717) is 5.56 Å². The van der Waals surface area contributed by atoms with Gasteiger partial charge in [0.05, 0.1) is 23.2 Å². The Morgan fingerprint density at radius 1 is 0.788 bits per heavy atom. The molecular formula is C47H38N4S. The molecule has 0 aromatic heterocycles. The lowest BCUT2D eigenvalue weighted by Crippen LogP contribution is -2.54. The molecule has 4 aliphatic carbocycles. The number of nitrogens with one attached hydrogen (secondary N) is 2. The van der Waals surface area contributed by atoms with Crippen LogP contribution in [0.4, 0.5) is 0 Å². The molecule has 0 fully saturated rings. The van der Waals surface area contributed by atoms with Crippen molar-refractivity contribution in [3.63, 3.8) is 0 Å². The van der Waals surface area contributed by atoms with Gasteiger partial charge in [0.15, 0.2) is 0 Å². The Bertz CT molecular complexity index is 2380. The van der Waals surface area contributed by atoms with Crippen LogP contribution < -0.4 is 10.6 Å². The van der Waals surface area contributed by atoms with Gasteiger partial charge in [-0.25, -0.2) is 4.99 Å². The first-order chi connectivity index (χ1) is 25.7. The number of thioether (sulfide) groups is 1. The summed E-state index contributed by atoms with van der Waals surface area (Å²) < 4.78 is 0. The van der Waals surface area contributed by atoms with Crippen LogP contribution in [0.1, 0.15) is 71.7 Å². The molecule has 4 nitrogen and oxygen atoms in total. The molecule has 2 heterocycles. The number of amidine groups is 1. The number of aliphatic imine (C=N–C) groups is 1. The van der Waals surface area contributed by atoms with Crippen LogP contribution in [0.2, 0.25) is 0 Å². The highest BCUT2D eigenvalue weighted by Crippen LogP contribution is 2.65. The third-order valence-electron chi connectivity index (χ3n) is 11.5. The average molecular weight is 691 g/mol. The lowest BCUT2D eigenvalue weighted by atomic mass is 9.63. The summed E-state index contributed by atoms with van der Waals surface area (Å²) in [5.74, 6) is 1.14. The Kier molecular flexibility index (Phi) is 7.63. The van der Waals surface area contributed by atoms with Gasteiger partial charge in [-0.05, 0) is 94.3 Å². The molecule has 1 spiro atoms. The SMILES string of the molecule is N#Cc1ccc(C2=CCC(C3NC(c4ccccc4)=NC(c4ccc5c(c4)C4(C6=CCCC=C6SC6=C4CCC=C6)c4ccccc4-5)N3)C=C2)cc1. The van der Waals surface area contributed by atoms with E-state index in [2.05, 4.69) is 132 Å². The second kappa shape index (κ2) is 12.7. The van der Waals surface area contributed by atoms with E-state index in [0.717, 1.165) is 49.1 Å². The molecule has 0 amide bonds. The fourth-order valence-electron chi connectivity index (χ4n) is 9.11. The Morgan fingerprint density at radius 2 is 1.62 bits per heavy atom. The molecule has 2 aliphatic heterocycles. The number of fused-ring (bicyclic) bond motifs is 8. The van der Waals surface area contributed by atoms with E-state index in [1.807, 2.05) is 36.0 Å². The highest BCUT2D eigenvalue weighted by molar-refractivity contribution is 8.07. The van der Waals surface area contributed by atoms with Gasteiger partial charge < -0.3 is 5.32 Å². The molecule has 4 aromatic carbocycles. The van der Waals surface area contributed by atoms with Crippen molar-refractivity contribution in [2.75, 3.05) is 0 Å². The van der Waals surface area contributed by atoms with Crippen LogP contribution >= 0.6 is 11.8 Å². The van der Waals surface area contributed by atoms with Crippen LogP contribution in [0, 0.1) is 17.2 Å². The Morgan fingerprint density at radius 3 is 2.46 bits per heavy atom. The van der Waals surface area contributed by atoms with Crippen LogP contribution in [0.15, 0.2) is 166 Å². The van der Waals surface area contributed by atoms with Crippen LogP contribution in [-0.2, 0) is 5.41 Å². The van der Waals surface area contributed by atoms with E-state index in [-0.39, 0.29) is 23.7 Å². The van der Waals surface area contributed by atoms with E-state index >= 15 is 0 Å². The number of nitrogens with zero attached hydrogens (tertiary/aromatic N) is 2. The predicted molar refractivity (Wildman–Crippen MR) is 213 cm³/mol. The average Bonchev–Trinajstić information content (AvgIpc) is 3.51. The summed E-state index contributed by atoms with van der Waals surface area (Å²) in [7, 11) is 0. The molecular weight excluding hydrogens is 653 g/mol. The van der Waals surface area contributed by atoms with Crippen molar-refractivity contribution in [3.8, 4) is 17.2 Å². The van der Waals surface area contributed by atoms with Crippen molar-refractivity contribution in [1.82, 2.24) is 10.6 Å². The molecule has 10 rings (SSSR count). The van der Waals surface area contributed by atoms with Gasteiger partial charge in [-0.15, -0.1) is 0 Å². The lowest BCUT2D eigenvalue weighted by molar-refractivity contribution is 0.328. The molecule has 6 aliphatic rings. The minimum Gasteiger partial charge on any atom is -0.354 e. The summed E-state index contributed by atoms with van der Waals surface area (Å²) in [6, 6.07) is 36.9. The maximum absolute atomic E-state index is 9.26. The van der Waals surface area contributed by atoms with Gasteiger partial charge in [-0.2, -0.15) is 5.26 Å². The second-order valence-electron chi connectivity index (χ2n) is 14.4. The first-order valence-electron chi connectivity index (χ1n) is 18.5. The molecule has 5 heteroatoms. The zero-order valence-corrected chi connectivity index (χ0v) is 29.7. The molecule has 0 saturated carbocycles. The standard InChI is InChI=1S/C47H38N4S/c48-29-30-18-20-31(21-19-30)32-22-24-34(25-23-32)45-49-44(33-10-2-1-3-11-33)50-46(51-45)35-26-27-37-36-12-4-5-13-38(36)47(41(37)28-35)39-14-6-8-16-42(39)52-43-17-9-7-15-40(43)47/h1-5,8,10-13,15-24,26-28,34,45-46,51H,6-7,9,14,25H2,(H,49,50). The highest BCUT2D eigenvalue weighted by atomic mass is 32.2. The second-order valence-corrected chi connectivity index (χ2v) is 15.5. The van der Waals surface area contributed by atoms with Gasteiger partial charge in [0.2, 0.25) is 0 Å². The van der Waals surface area contributed by atoms with Gasteiger partial charge in [-0.1, -0.05) is 139 Å². The van der Waals surface area contributed by atoms with E-state index in [1.54, 1.807) is 5.57 Å². The molecule has 2 N–H and O–H groups in total. The van der Waals surface area contributed by atoms with Gasteiger partial charge in [0.25, 0.3) is 0 Å². The van der Waals surface area contributed by atoms with Gasteiger partial charge in [0.1, 0.15) is 12.0 Å². The lowest BCUT2D eigenvalue weighted by Gasteiger charge is -2.45. The Hall–Kier alpha value is -5.41. The third kappa shape index (κ3) is 4.97. The molecule has 252 valence electrons. The largest absolute Gasteiger partial charge is 0.354 e. The topological polar surface area (TPSA) is 60.2 Å². The third-order valence-corrected chi connectivity index (χ3v) is 12.8. The summed E-state index contributed by atoms with van der Waals surface area (Å²) in [4.78, 5) is 8.24. The Balaban J connectivity index is 1.06. The number of nitriles is 1. The van der Waals surface area contributed by atoms with Crippen molar-refractivity contribution in [2.24, 2.45) is 10.9 Å². The summed E-state index contributed by atoms with van der Waals surface area (Å²) in [6.07, 6.45) is 21.6. The molecule has 4 atom stereocenters. The quantitative estimate of drug-likeness (QED) is 0.224. The number of hydrogen-bond donors (Lipinski definition) is 2. The smallest absolute Gasteiger partial charge is 0.131 e. The monoisotopic (exact) mass is 690 g/mol. The summed E-state index contributed by atoms with van der Waals surface area (Å²) in [5.41, 5.74) is 13.5. The first-order valence-corrected chi connectivity index (χ1v) is 19.3. The Labute approximate surface area is 309 Å². The molecule has 4 unspecified atom stereocenters. The molecule has 0 bridgehead atoms. The minimum atomic E-state index is -0.295. The van der Waals surface area contributed by atoms with E-state index in [1.165, 1.54) is 48.8 Å². The zero-order valence-electron chi connectivity index (χ0n) is 28.8. The van der Waals surface area contributed by atoms with Gasteiger partial charge in [-0.3, -0.25) is 5.32 Å². The van der Waals surface area contributed by atoms with E-state index in [4.69, 9.17) is 4.99 Å². The number of rotatable bonds is 4. The fraction of sp³-hybridized carbons (Fsp3) is 0.191. The predicted octanol–water partition coefficient (Wildman–Crippen LogP) is 10.4. The summed E-state index contributed by atoms with van der Waals surface area (Å²) in [6.45, 7) is 0. The van der Waals surface area contributed by atoms with Crippen LogP contribution in [-0.4, -0.2) is 12.0 Å². The number of benzene rings is 4. The number of hydrogen-bond acceptors (Lipinski definition) is 5. The molecule has 0 saturated heterocycles. The minimum absolute atomic E-state index is 0.0217. The van der Waals surface area contributed by atoms with Crippen LogP contribution in [0.3, 0.4) is 0 Å². The highest BCUT2D eigenvalue weighted by Gasteiger charge is 2.53. The number of allylic oxidation sites excluding steroid dienone is 9. The molecule has 52 heavy (non-hydrogen) atoms. The van der Waals surface area contributed by atoms with E-state index < -0.39 is 0 Å². The van der Waals surface area contributed by atoms with Gasteiger partial charge in [0, 0.05) is 21.3 Å². The van der Waals surface area contributed by atoms with Crippen molar-refractivity contribution < 1.29 is 0 Å². The zero-order chi connectivity index (χ0) is 34.6. The van der Waals surface area contributed by atoms with Gasteiger partial charge >= 0.3 is 0 Å². The van der Waals surface area contributed by atoms with Crippen molar-refractivity contribution in [2.45, 2.75) is 49.9 Å². The maximum Gasteiger partial charge on any atom is 0.131 e. The normalized spacial score (nSPS) is 25.4. The van der Waals surface area contributed by atoms with Crippen LogP contribution in [0.25, 0.3) is 16.7 Å².